The number of urea groups is 1. The number of rotatable bonds is 7. The average Bonchev–Trinajstić information content (AvgIpc) is 3.20. The smallest absolute Gasteiger partial charge is 0.323 e. The van der Waals surface area contributed by atoms with Crippen molar-refractivity contribution in [1.29, 1.82) is 0 Å². The fourth-order valence-electron chi connectivity index (χ4n) is 2.64. The Balaban J connectivity index is 1.64. The molecule has 3 aromatic heterocycles. The highest BCUT2D eigenvalue weighted by Gasteiger charge is 2.13. The minimum absolute atomic E-state index is 0.0598. The van der Waals surface area contributed by atoms with Crippen molar-refractivity contribution >= 4 is 17.5 Å². The predicted octanol–water partition coefficient (Wildman–Crippen LogP) is 1.82. The van der Waals surface area contributed by atoms with Crippen molar-refractivity contribution in [3.8, 4) is 0 Å². The Labute approximate surface area is 145 Å². The molecule has 0 atom stereocenters. The lowest BCUT2D eigenvalue weighted by molar-refractivity contribution is 0.188. The molecule has 2 amide bonds. The largest absolute Gasteiger partial charge is 0.395 e. The third kappa shape index (κ3) is 4.16. The van der Waals surface area contributed by atoms with E-state index in [2.05, 4.69) is 15.4 Å². The summed E-state index contributed by atoms with van der Waals surface area (Å²) in [5.74, 6) is 0.479. The van der Waals surface area contributed by atoms with Crippen LogP contribution in [0.15, 0.2) is 42.9 Å². The monoisotopic (exact) mass is 342 g/mol. The number of pyridine rings is 1. The van der Waals surface area contributed by atoms with Crippen LogP contribution in [0.2, 0.25) is 0 Å². The Morgan fingerprint density at radius 3 is 2.92 bits per heavy atom. The highest BCUT2D eigenvalue weighted by molar-refractivity contribution is 5.88. The molecular weight excluding hydrogens is 320 g/mol. The van der Waals surface area contributed by atoms with Gasteiger partial charge < -0.3 is 14.4 Å². The number of nitrogens with zero attached hydrogens (tertiary/aromatic N) is 5. The van der Waals surface area contributed by atoms with E-state index in [4.69, 9.17) is 5.11 Å². The predicted molar refractivity (Wildman–Crippen MR) is 94.5 cm³/mol. The first-order valence-electron chi connectivity index (χ1n) is 8.32. The first kappa shape index (κ1) is 17.0. The molecule has 0 aliphatic carbocycles. The molecule has 25 heavy (non-hydrogen) atoms. The molecule has 8 nitrogen and oxygen atoms in total. The number of hydrogen-bond acceptors (Lipinski definition) is 4. The maximum absolute atomic E-state index is 12.2. The van der Waals surface area contributed by atoms with Gasteiger partial charge in [-0.2, -0.15) is 5.10 Å². The molecule has 0 spiro atoms. The van der Waals surface area contributed by atoms with Crippen molar-refractivity contribution in [2.45, 2.75) is 19.9 Å². The summed E-state index contributed by atoms with van der Waals surface area (Å²) in [6, 6.07) is 7.34. The van der Waals surface area contributed by atoms with Crippen LogP contribution in [0.1, 0.15) is 19.0 Å². The second-order valence-electron chi connectivity index (χ2n) is 5.74. The number of nitrogens with one attached hydrogen (secondary N) is 1. The van der Waals surface area contributed by atoms with Crippen LogP contribution in [0.4, 0.5) is 10.6 Å². The lowest BCUT2D eigenvalue weighted by Crippen LogP contribution is -2.37. The molecular formula is C17H22N6O2. The topological polar surface area (TPSA) is 87.7 Å². The number of aliphatic hydroxyl groups excluding tert-OH is 1. The van der Waals surface area contributed by atoms with Gasteiger partial charge in [0.1, 0.15) is 5.65 Å². The number of fused-ring (bicyclic) bond motifs is 1. The summed E-state index contributed by atoms with van der Waals surface area (Å²) < 4.78 is 3.69. The van der Waals surface area contributed by atoms with Crippen molar-refractivity contribution in [3.63, 3.8) is 0 Å². The molecule has 8 heteroatoms. The lowest BCUT2D eigenvalue weighted by Gasteiger charge is -2.20. The summed E-state index contributed by atoms with van der Waals surface area (Å²) in [5.41, 5.74) is 1.78. The molecule has 0 unspecified atom stereocenters. The van der Waals surface area contributed by atoms with Gasteiger partial charge in [0, 0.05) is 37.7 Å². The van der Waals surface area contributed by atoms with Gasteiger partial charge in [-0.25, -0.2) is 9.78 Å². The summed E-state index contributed by atoms with van der Waals surface area (Å²) in [6.45, 7) is 3.35. The second kappa shape index (κ2) is 7.80. The number of anilines is 1. The van der Waals surface area contributed by atoms with Gasteiger partial charge in [-0.3, -0.25) is 10.00 Å². The quantitative estimate of drug-likeness (QED) is 0.685. The maximum Gasteiger partial charge on any atom is 0.323 e. The Bertz CT molecular complexity index is 801. The molecule has 0 radical (unpaired) electrons. The minimum atomic E-state index is -0.256. The maximum atomic E-state index is 12.2. The van der Waals surface area contributed by atoms with E-state index in [1.165, 1.54) is 0 Å². The van der Waals surface area contributed by atoms with Crippen LogP contribution in [-0.4, -0.2) is 54.9 Å². The third-order valence-corrected chi connectivity index (χ3v) is 3.76. The molecule has 0 aliphatic heterocycles. The van der Waals surface area contributed by atoms with E-state index < -0.39 is 0 Å². The summed E-state index contributed by atoms with van der Waals surface area (Å²) in [4.78, 5) is 18.3. The Morgan fingerprint density at radius 2 is 2.16 bits per heavy atom. The zero-order chi connectivity index (χ0) is 17.6. The van der Waals surface area contributed by atoms with Crippen LogP contribution in [-0.2, 0) is 6.54 Å². The van der Waals surface area contributed by atoms with Crippen molar-refractivity contribution in [3.05, 3.63) is 48.5 Å². The Kier molecular flexibility index (Phi) is 5.30. The number of hydrogen-bond donors (Lipinski definition) is 2. The van der Waals surface area contributed by atoms with Gasteiger partial charge in [-0.15, -0.1) is 0 Å². The van der Waals surface area contributed by atoms with Gasteiger partial charge >= 0.3 is 6.03 Å². The van der Waals surface area contributed by atoms with E-state index in [1.807, 2.05) is 41.9 Å². The molecule has 0 aliphatic rings. The number of amides is 2. The zero-order valence-electron chi connectivity index (χ0n) is 14.2. The summed E-state index contributed by atoms with van der Waals surface area (Å²) >= 11 is 0. The van der Waals surface area contributed by atoms with Gasteiger partial charge in [0.05, 0.1) is 18.8 Å². The average molecular weight is 342 g/mol. The first-order chi connectivity index (χ1) is 12.2. The number of aromatic nitrogens is 4. The van der Waals surface area contributed by atoms with Crippen molar-refractivity contribution in [2.24, 2.45) is 0 Å². The minimum Gasteiger partial charge on any atom is -0.395 e. The number of imidazole rings is 1. The third-order valence-electron chi connectivity index (χ3n) is 3.76. The zero-order valence-corrected chi connectivity index (χ0v) is 14.2. The molecule has 3 rings (SSSR count). The Hall–Kier alpha value is -2.87. The molecule has 132 valence electrons. The molecule has 3 heterocycles. The molecule has 0 bridgehead atoms. The van der Waals surface area contributed by atoms with Crippen molar-refractivity contribution in [1.82, 2.24) is 24.1 Å². The van der Waals surface area contributed by atoms with E-state index in [1.54, 1.807) is 21.8 Å². The van der Waals surface area contributed by atoms with E-state index >= 15 is 0 Å². The molecule has 3 aromatic rings. The SMILES string of the molecule is CCCN(CCO)C(=O)Nc1ccn(Cc2cn3ccccc3n2)n1. The van der Waals surface area contributed by atoms with Crippen LogP contribution in [0.3, 0.4) is 0 Å². The van der Waals surface area contributed by atoms with Crippen LogP contribution >= 0.6 is 0 Å². The molecule has 2 N–H and O–H groups in total. The van der Waals surface area contributed by atoms with Crippen LogP contribution in [0.25, 0.3) is 5.65 Å². The van der Waals surface area contributed by atoms with Gasteiger partial charge in [0.15, 0.2) is 5.82 Å². The fourth-order valence-corrected chi connectivity index (χ4v) is 2.64. The van der Waals surface area contributed by atoms with E-state index in [0.717, 1.165) is 17.8 Å². The van der Waals surface area contributed by atoms with Gasteiger partial charge in [-0.1, -0.05) is 13.0 Å². The Morgan fingerprint density at radius 1 is 1.28 bits per heavy atom. The second-order valence-corrected chi connectivity index (χ2v) is 5.74. The molecule has 0 saturated carbocycles. The van der Waals surface area contributed by atoms with Crippen LogP contribution < -0.4 is 5.32 Å². The highest BCUT2D eigenvalue weighted by atomic mass is 16.3. The molecule has 0 fully saturated rings. The summed E-state index contributed by atoms with van der Waals surface area (Å²) in [7, 11) is 0. The fraction of sp³-hybridized carbons (Fsp3) is 0.353. The van der Waals surface area contributed by atoms with Gasteiger partial charge in [0.2, 0.25) is 0 Å². The van der Waals surface area contributed by atoms with Crippen LogP contribution in [0, 0.1) is 0 Å². The number of carbonyl (C=O) groups excluding carboxylic acids is 1. The van der Waals surface area contributed by atoms with Gasteiger partial charge in [0.25, 0.3) is 0 Å². The molecule has 0 aromatic carbocycles. The lowest BCUT2D eigenvalue weighted by atomic mass is 10.4. The van der Waals surface area contributed by atoms with Crippen molar-refractivity contribution in [2.75, 3.05) is 25.0 Å². The molecule has 0 saturated heterocycles. The normalized spacial score (nSPS) is 11.0. The first-order valence-corrected chi connectivity index (χ1v) is 8.32. The summed E-state index contributed by atoms with van der Waals surface area (Å²) in [5, 5.41) is 16.2. The summed E-state index contributed by atoms with van der Waals surface area (Å²) in [6.07, 6.45) is 6.54. The standard InChI is InChI=1S/C17H22N6O2/c1-2-7-21(10-11-24)17(25)19-15-6-9-23(20-15)13-14-12-22-8-4-3-5-16(22)18-14/h3-6,8-9,12,24H,2,7,10-11,13H2,1H3,(H,19,20,25). The van der Waals surface area contributed by atoms with Gasteiger partial charge in [-0.05, 0) is 18.6 Å². The highest BCUT2D eigenvalue weighted by Crippen LogP contribution is 2.09. The van der Waals surface area contributed by atoms with E-state index in [0.29, 0.717) is 25.5 Å². The number of aliphatic hydroxyl groups is 1. The van der Waals surface area contributed by atoms with Crippen molar-refractivity contribution < 1.29 is 9.90 Å². The van der Waals surface area contributed by atoms with E-state index in [-0.39, 0.29) is 12.6 Å². The number of carbonyl (C=O) groups is 1. The van der Waals surface area contributed by atoms with Crippen LogP contribution in [0.5, 0.6) is 0 Å². The van der Waals surface area contributed by atoms with E-state index in [9.17, 15) is 4.79 Å².